The van der Waals surface area contributed by atoms with Gasteiger partial charge in [0.25, 0.3) is 0 Å². The molecule has 0 heterocycles. The van der Waals surface area contributed by atoms with Crippen LogP contribution in [0.5, 0.6) is 0 Å². The lowest BCUT2D eigenvalue weighted by atomic mass is 9.93. The third kappa shape index (κ3) is 7.44. The van der Waals surface area contributed by atoms with Crippen molar-refractivity contribution in [2.45, 2.75) is 82.1 Å². The number of anilines is 2. The van der Waals surface area contributed by atoms with E-state index in [0.717, 1.165) is 68.9 Å². The Bertz CT molecular complexity index is 900. The summed E-state index contributed by atoms with van der Waals surface area (Å²) in [5.41, 5.74) is 3.60. The van der Waals surface area contributed by atoms with E-state index in [9.17, 15) is 19.8 Å². The number of aliphatic hydroxyl groups excluding tert-OH is 2. The highest BCUT2D eigenvalue weighted by molar-refractivity contribution is 5.90. The SMILES string of the molecule is O=C(Nc1ccc(Cc2ccc(NC(=O)N[C@@H]3CCCC[C@@H]3O)cc2)cc1)N[C@H]1CCCC[C@H]1O. The lowest BCUT2D eigenvalue weighted by molar-refractivity contribution is 0.0955. The molecule has 35 heavy (non-hydrogen) atoms. The van der Waals surface area contributed by atoms with Gasteiger partial charge in [-0.2, -0.15) is 0 Å². The highest BCUT2D eigenvalue weighted by Crippen LogP contribution is 2.20. The van der Waals surface area contributed by atoms with Gasteiger partial charge in [0.2, 0.25) is 0 Å². The quantitative estimate of drug-likeness (QED) is 0.372. The van der Waals surface area contributed by atoms with Gasteiger partial charge in [0.05, 0.1) is 24.3 Å². The first-order valence-electron chi connectivity index (χ1n) is 12.7. The lowest BCUT2D eigenvalue weighted by Crippen LogP contribution is -2.46. The second-order valence-corrected chi connectivity index (χ2v) is 9.68. The molecule has 8 nitrogen and oxygen atoms in total. The summed E-state index contributed by atoms with van der Waals surface area (Å²) in [5.74, 6) is 0. The number of urea groups is 2. The van der Waals surface area contributed by atoms with Gasteiger partial charge in [0.1, 0.15) is 0 Å². The van der Waals surface area contributed by atoms with E-state index in [1.165, 1.54) is 0 Å². The van der Waals surface area contributed by atoms with Crippen molar-refractivity contribution >= 4 is 23.4 Å². The average molecular weight is 481 g/mol. The minimum Gasteiger partial charge on any atom is -0.391 e. The predicted octanol–water partition coefficient (Wildman–Crippen LogP) is 4.13. The first-order chi connectivity index (χ1) is 17.0. The van der Waals surface area contributed by atoms with Crippen LogP contribution in [0.2, 0.25) is 0 Å². The molecule has 2 aliphatic carbocycles. The number of carbonyl (C=O) groups is 2. The summed E-state index contributed by atoms with van der Waals surface area (Å²) in [6.45, 7) is 0. The van der Waals surface area contributed by atoms with Gasteiger partial charge >= 0.3 is 12.1 Å². The molecule has 0 saturated heterocycles. The smallest absolute Gasteiger partial charge is 0.319 e. The summed E-state index contributed by atoms with van der Waals surface area (Å²) in [6.07, 6.45) is 6.88. The Hall–Kier alpha value is -3.10. The molecule has 6 N–H and O–H groups in total. The standard InChI is InChI=1S/C27H36N4O4/c32-24-7-3-1-5-22(24)30-26(34)28-20-13-9-18(10-14-20)17-19-11-15-21(16-12-19)29-27(35)31-23-6-2-4-8-25(23)33/h9-16,22-25,32-33H,1-8,17H2,(H2,28,30,34)(H2,29,31,35)/t22-,23+,24+,25-. The minimum atomic E-state index is -0.474. The summed E-state index contributed by atoms with van der Waals surface area (Å²) in [7, 11) is 0. The van der Waals surface area contributed by atoms with Crippen molar-refractivity contribution < 1.29 is 19.8 Å². The van der Waals surface area contributed by atoms with Crippen LogP contribution in [0.25, 0.3) is 0 Å². The van der Waals surface area contributed by atoms with Crippen LogP contribution in [0.4, 0.5) is 21.0 Å². The zero-order valence-corrected chi connectivity index (χ0v) is 20.0. The fraction of sp³-hybridized carbons (Fsp3) is 0.481. The molecular weight excluding hydrogens is 444 g/mol. The molecule has 188 valence electrons. The summed E-state index contributed by atoms with van der Waals surface area (Å²) in [6, 6.07) is 14.4. The zero-order valence-electron chi connectivity index (χ0n) is 20.0. The van der Waals surface area contributed by atoms with E-state index >= 15 is 0 Å². The molecule has 2 saturated carbocycles. The van der Waals surface area contributed by atoms with Gasteiger partial charge in [-0.05, 0) is 67.5 Å². The van der Waals surface area contributed by atoms with Gasteiger partial charge < -0.3 is 31.5 Å². The van der Waals surface area contributed by atoms with Crippen LogP contribution in [0.1, 0.15) is 62.5 Å². The molecule has 0 unspecified atom stereocenters. The fourth-order valence-electron chi connectivity index (χ4n) is 4.88. The van der Waals surface area contributed by atoms with Crippen molar-refractivity contribution in [2.75, 3.05) is 10.6 Å². The van der Waals surface area contributed by atoms with Crippen molar-refractivity contribution in [1.29, 1.82) is 0 Å². The normalized spacial score (nSPS) is 24.3. The highest BCUT2D eigenvalue weighted by atomic mass is 16.3. The van der Waals surface area contributed by atoms with E-state index in [0.29, 0.717) is 11.4 Å². The van der Waals surface area contributed by atoms with Gasteiger partial charge in [-0.3, -0.25) is 0 Å². The molecule has 2 aliphatic rings. The molecule has 4 atom stereocenters. The molecule has 2 fully saturated rings. The number of hydrogen-bond acceptors (Lipinski definition) is 4. The van der Waals surface area contributed by atoms with E-state index in [1.54, 1.807) is 0 Å². The van der Waals surface area contributed by atoms with Crippen molar-refractivity contribution in [1.82, 2.24) is 10.6 Å². The fourth-order valence-corrected chi connectivity index (χ4v) is 4.88. The van der Waals surface area contributed by atoms with E-state index in [1.807, 2.05) is 48.5 Å². The van der Waals surface area contributed by atoms with Crippen LogP contribution in [0.3, 0.4) is 0 Å². The summed E-state index contributed by atoms with van der Waals surface area (Å²) >= 11 is 0. The third-order valence-corrected chi connectivity index (χ3v) is 6.92. The van der Waals surface area contributed by atoms with E-state index < -0.39 is 12.2 Å². The van der Waals surface area contributed by atoms with Crippen LogP contribution < -0.4 is 21.3 Å². The molecule has 8 heteroatoms. The Kier molecular flexibility index (Phi) is 8.60. The van der Waals surface area contributed by atoms with E-state index in [4.69, 9.17) is 0 Å². The van der Waals surface area contributed by atoms with Gasteiger partial charge in [0.15, 0.2) is 0 Å². The second kappa shape index (κ2) is 12.0. The number of benzene rings is 2. The van der Waals surface area contributed by atoms with Gasteiger partial charge in [-0.25, -0.2) is 9.59 Å². The molecule has 2 aromatic rings. The van der Waals surface area contributed by atoms with Crippen LogP contribution in [0.15, 0.2) is 48.5 Å². The molecule has 0 radical (unpaired) electrons. The first-order valence-corrected chi connectivity index (χ1v) is 12.7. The molecule has 0 aliphatic heterocycles. The summed E-state index contributed by atoms with van der Waals surface area (Å²) in [4.78, 5) is 24.5. The summed E-state index contributed by atoms with van der Waals surface area (Å²) < 4.78 is 0. The topological polar surface area (TPSA) is 123 Å². The van der Waals surface area contributed by atoms with Crippen LogP contribution in [0, 0.1) is 0 Å². The molecule has 4 amide bonds. The maximum Gasteiger partial charge on any atom is 0.319 e. The van der Waals surface area contributed by atoms with Gasteiger partial charge in [0, 0.05) is 11.4 Å². The highest BCUT2D eigenvalue weighted by Gasteiger charge is 2.25. The number of amides is 4. The number of carbonyl (C=O) groups excluding carboxylic acids is 2. The largest absolute Gasteiger partial charge is 0.391 e. The monoisotopic (exact) mass is 480 g/mol. The maximum atomic E-state index is 12.3. The van der Waals surface area contributed by atoms with Crippen molar-refractivity contribution in [3.8, 4) is 0 Å². The minimum absolute atomic E-state index is 0.189. The third-order valence-electron chi connectivity index (χ3n) is 6.92. The Balaban J connectivity index is 1.23. The van der Waals surface area contributed by atoms with Crippen molar-refractivity contribution in [3.05, 3.63) is 59.7 Å². The zero-order chi connectivity index (χ0) is 24.6. The Labute approximate surface area is 206 Å². The first kappa shape index (κ1) is 25.0. The molecule has 0 aromatic heterocycles. The van der Waals surface area contributed by atoms with E-state index in [2.05, 4.69) is 21.3 Å². The Morgan fingerprint density at radius 2 is 1.00 bits per heavy atom. The molecule has 4 rings (SSSR count). The number of rotatable bonds is 6. The van der Waals surface area contributed by atoms with Gasteiger partial charge in [-0.1, -0.05) is 49.9 Å². The second-order valence-electron chi connectivity index (χ2n) is 9.68. The predicted molar refractivity (Wildman–Crippen MR) is 137 cm³/mol. The lowest BCUT2D eigenvalue weighted by Gasteiger charge is -2.28. The maximum absolute atomic E-state index is 12.3. The number of nitrogens with one attached hydrogen (secondary N) is 4. The molecule has 0 spiro atoms. The van der Waals surface area contributed by atoms with Crippen LogP contribution in [-0.4, -0.2) is 46.6 Å². The van der Waals surface area contributed by atoms with Crippen molar-refractivity contribution in [3.63, 3.8) is 0 Å². The number of aliphatic hydroxyl groups is 2. The average Bonchev–Trinajstić information content (AvgIpc) is 2.84. The number of hydrogen-bond donors (Lipinski definition) is 6. The van der Waals surface area contributed by atoms with Crippen LogP contribution >= 0.6 is 0 Å². The van der Waals surface area contributed by atoms with Crippen molar-refractivity contribution in [2.24, 2.45) is 0 Å². The molecule has 2 aromatic carbocycles. The molecule has 0 bridgehead atoms. The Morgan fingerprint density at radius 1 is 0.629 bits per heavy atom. The van der Waals surface area contributed by atoms with Gasteiger partial charge in [-0.15, -0.1) is 0 Å². The van der Waals surface area contributed by atoms with E-state index in [-0.39, 0.29) is 24.1 Å². The molecular formula is C27H36N4O4. The summed E-state index contributed by atoms with van der Waals surface area (Å²) in [5, 5.41) is 31.5. The Morgan fingerprint density at radius 3 is 1.37 bits per heavy atom. The van der Waals surface area contributed by atoms with Crippen LogP contribution in [-0.2, 0) is 6.42 Å².